The summed E-state index contributed by atoms with van der Waals surface area (Å²) >= 11 is 0. The molecule has 0 spiro atoms. The first kappa shape index (κ1) is 11.4. The Kier molecular flexibility index (Phi) is 3.08. The number of nitrogens with zero attached hydrogens (tertiary/aromatic N) is 2. The minimum absolute atomic E-state index is 0.116. The number of anilines is 1. The van der Waals surface area contributed by atoms with E-state index in [0.29, 0.717) is 25.5 Å². The maximum Gasteiger partial charge on any atom is 0.145 e. The van der Waals surface area contributed by atoms with Crippen molar-refractivity contribution in [2.45, 2.75) is 18.6 Å². The molecule has 5 nitrogen and oxygen atoms in total. The lowest BCUT2D eigenvalue weighted by Gasteiger charge is -2.28. The predicted octanol–water partition coefficient (Wildman–Crippen LogP) is 1.19. The maximum atomic E-state index is 9.85. The van der Waals surface area contributed by atoms with Crippen molar-refractivity contribution >= 4 is 16.9 Å². The summed E-state index contributed by atoms with van der Waals surface area (Å²) in [4.78, 5) is 8.79. The minimum Gasteiger partial charge on any atom is -0.391 e. The number of ether oxygens (including phenoxy) is 1. The second-order valence-electron chi connectivity index (χ2n) is 4.43. The van der Waals surface area contributed by atoms with E-state index in [9.17, 15) is 5.11 Å². The molecule has 1 aliphatic heterocycles. The normalized spacial score (nSPS) is 24.1. The number of aliphatic hydroxyl groups is 1. The van der Waals surface area contributed by atoms with Gasteiger partial charge in [-0.1, -0.05) is 12.1 Å². The zero-order valence-corrected chi connectivity index (χ0v) is 9.91. The van der Waals surface area contributed by atoms with Gasteiger partial charge in [0, 0.05) is 6.61 Å². The van der Waals surface area contributed by atoms with Gasteiger partial charge in [0.05, 0.1) is 36.0 Å². The Labute approximate surface area is 105 Å². The molecule has 2 N–H and O–H groups in total. The Hall–Kier alpha value is -1.72. The van der Waals surface area contributed by atoms with Gasteiger partial charge in [0.25, 0.3) is 0 Å². The van der Waals surface area contributed by atoms with Crippen LogP contribution in [0.3, 0.4) is 0 Å². The number of fused-ring (bicyclic) bond motifs is 1. The van der Waals surface area contributed by atoms with Crippen LogP contribution in [-0.4, -0.2) is 40.4 Å². The number of rotatable bonds is 2. The molecule has 1 fully saturated rings. The topological polar surface area (TPSA) is 67.3 Å². The second-order valence-corrected chi connectivity index (χ2v) is 4.43. The van der Waals surface area contributed by atoms with E-state index in [1.165, 1.54) is 0 Å². The molecule has 0 saturated carbocycles. The van der Waals surface area contributed by atoms with Gasteiger partial charge in [-0.3, -0.25) is 4.98 Å². The van der Waals surface area contributed by atoms with Crippen molar-refractivity contribution in [1.82, 2.24) is 9.97 Å². The average Bonchev–Trinajstić information content (AvgIpc) is 2.41. The molecular formula is C13H15N3O2. The van der Waals surface area contributed by atoms with E-state index >= 15 is 0 Å². The third-order valence-electron chi connectivity index (χ3n) is 3.10. The zero-order chi connectivity index (χ0) is 12.4. The summed E-state index contributed by atoms with van der Waals surface area (Å²) in [5.41, 5.74) is 1.71. The number of hydrogen-bond donors (Lipinski definition) is 2. The summed E-state index contributed by atoms with van der Waals surface area (Å²) in [5, 5.41) is 13.0. The molecule has 0 amide bonds. The Morgan fingerprint density at radius 2 is 2.11 bits per heavy atom. The fourth-order valence-corrected chi connectivity index (χ4v) is 2.08. The highest BCUT2D eigenvalue weighted by Crippen LogP contribution is 2.15. The van der Waals surface area contributed by atoms with E-state index < -0.39 is 6.10 Å². The van der Waals surface area contributed by atoms with Crippen molar-refractivity contribution in [3.63, 3.8) is 0 Å². The van der Waals surface area contributed by atoms with E-state index in [-0.39, 0.29) is 6.04 Å². The van der Waals surface area contributed by atoms with Gasteiger partial charge in [0.2, 0.25) is 0 Å². The molecule has 5 heteroatoms. The van der Waals surface area contributed by atoms with Gasteiger partial charge in [0.1, 0.15) is 5.82 Å². The van der Waals surface area contributed by atoms with Crippen LogP contribution in [0.4, 0.5) is 5.82 Å². The first-order valence-corrected chi connectivity index (χ1v) is 6.07. The molecule has 18 heavy (non-hydrogen) atoms. The summed E-state index contributed by atoms with van der Waals surface area (Å²) in [6, 6.07) is 7.59. The molecule has 1 aromatic heterocycles. The third kappa shape index (κ3) is 2.27. The van der Waals surface area contributed by atoms with Gasteiger partial charge in [0.15, 0.2) is 0 Å². The Morgan fingerprint density at radius 1 is 1.28 bits per heavy atom. The molecule has 1 aromatic carbocycles. The van der Waals surface area contributed by atoms with Crippen molar-refractivity contribution in [3.8, 4) is 0 Å². The van der Waals surface area contributed by atoms with Crippen LogP contribution >= 0.6 is 0 Å². The third-order valence-corrected chi connectivity index (χ3v) is 3.10. The van der Waals surface area contributed by atoms with Crippen LogP contribution in [0.5, 0.6) is 0 Å². The van der Waals surface area contributed by atoms with Crippen molar-refractivity contribution in [2.75, 3.05) is 18.5 Å². The number of aliphatic hydroxyl groups excluding tert-OH is 1. The smallest absolute Gasteiger partial charge is 0.145 e. The highest BCUT2D eigenvalue weighted by atomic mass is 16.5. The number of nitrogens with one attached hydrogen (secondary N) is 1. The average molecular weight is 245 g/mol. The summed E-state index contributed by atoms with van der Waals surface area (Å²) in [5.74, 6) is 0.670. The zero-order valence-electron chi connectivity index (χ0n) is 9.91. The monoisotopic (exact) mass is 245 g/mol. The predicted molar refractivity (Wildman–Crippen MR) is 68.4 cm³/mol. The SMILES string of the molecule is O[C@@H]1CCOC[C@H]1Nc1cnc2ccccc2n1. The molecule has 0 radical (unpaired) electrons. The quantitative estimate of drug-likeness (QED) is 0.832. The van der Waals surface area contributed by atoms with Crippen LogP contribution in [-0.2, 0) is 4.74 Å². The summed E-state index contributed by atoms with van der Waals surface area (Å²) in [6.45, 7) is 1.11. The molecule has 2 atom stereocenters. The summed E-state index contributed by atoms with van der Waals surface area (Å²) < 4.78 is 5.34. The van der Waals surface area contributed by atoms with Crippen LogP contribution in [0.15, 0.2) is 30.5 Å². The standard InChI is InChI=1S/C13H15N3O2/c17-12-5-6-18-8-11(12)16-13-7-14-9-3-1-2-4-10(9)15-13/h1-4,7,11-12,17H,5-6,8H2,(H,15,16)/t11-,12-/m1/s1. The largest absolute Gasteiger partial charge is 0.391 e. The van der Waals surface area contributed by atoms with Crippen molar-refractivity contribution in [2.24, 2.45) is 0 Å². The fourth-order valence-electron chi connectivity index (χ4n) is 2.08. The molecule has 2 heterocycles. The highest BCUT2D eigenvalue weighted by molar-refractivity contribution is 5.75. The molecule has 1 saturated heterocycles. The van der Waals surface area contributed by atoms with Gasteiger partial charge >= 0.3 is 0 Å². The van der Waals surface area contributed by atoms with E-state index in [4.69, 9.17) is 4.74 Å². The molecule has 3 rings (SSSR count). The molecule has 0 bridgehead atoms. The van der Waals surface area contributed by atoms with Gasteiger partial charge in [-0.05, 0) is 18.6 Å². The lowest BCUT2D eigenvalue weighted by Crippen LogP contribution is -2.42. The lowest BCUT2D eigenvalue weighted by molar-refractivity contribution is 0.00304. The van der Waals surface area contributed by atoms with Gasteiger partial charge in [-0.2, -0.15) is 0 Å². The van der Waals surface area contributed by atoms with Crippen molar-refractivity contribution in [3.05, 3.63) is 30.5 Å². The Balaban J connectivity index is 1.81. The lowest BCUT2D eigenvalue weighted by atomic mass is 10.1. The minimum atomic E-state index is -0.396. The number of para-hydroxylation sites is 2. The fraction of sp³-hybridized carbons (Fsp3) is 0.385. The van der Waals surface area contributed by atoms with Crippen LogP contribution in [0.2, 0.25) is 0 Å². The van der Waals surface area contributed by atoms with Crippen molar-refractivity contribution < 1.29 is 9.84 Å². The molecule has 0 aliphatic carbocycles. The van der Waals surface area contributed by atoms with Crippen LogP contribution in [0.25, 0.3) is 11.0 Å². The number of hydrogen-bond acceptors (Lipinski definition) is 5. The van der Waals surface area contributed by atoms with E-state index in [2.05, 4.69) is 15.3 Å². The number of aromatic nitrogens is 2. The van der Waals surface area contributed by atoms with E-state index in [1.807, 2.05) is 24.3 Å². The molecule has 94 valence electrons. The molecule has 0 unspecified atom stereocenters. The van der Waals surface area contributed by atoms with Gasteiger partial charge in [-0.25, -0.2) is 4.98 Å². The Morgan fingerprint density at radius 3 is 2.94 bits per heavy atom. The van der Waals surface area contributed by atoms with Crippen molar-refractivity contribution in [1.29, 1.82) is 0 Å². The van der Waals surface area contributed by atoms with Crippen LogP contribution in [0, 0.1) is 0 Å². The first-order chi connectivity index (χ1) is 8.83. The van der Waals surface area contributed by atoms with E-state index in [1.54, 1.807) is 6.20 Å². The van der Waals surface area contributed by atoms with Crippen LogP contribution in [0.1, 0.15) is 6.42 Å². The molecule has 2 aromatic rings. The number of benzene rings is 1. The van der Waals surface area contributed by atoms with Gasteiger partial charge in [-0.15, -0.1) is 0 Å². The van der Waals surface area contributed by atoms with E-state index in [0.717, 1.165) is 11.0 Å². The van der Waals surface area contributed by atoms with Gasteiger partial charge < -0.3 is 15.2 Å². The Bertz CT molecular complexity index is 547. The first-order valence-electron chi connectivity index (χ1n) is 6.07. The summed E-state index contributed by atoms with van der Waals surface area (Å²) in [6.07, 6.45) is 1.94. The molecular weight excluding hydrogens is 230 g/mol. The highest BCUT2D eigenvalue weighted by Gasteiger charge is 2.23. The summed E-state index contributed by atoms with van der Waals surface area (Å²) in [7, 11) is 0. The van der Waals surface area contributed by atoms with Crippen LogP contribution < -0.4 is 5.32 Å². The molecule has 1 aliphatic rings. The second kappa shape index (κ2) is 4.88. The maximum absolute atomic E-state index is 9.85.